The minimum Gasteiger partial charge on any atom is -0.314 e. The first-order chi connectivity index (χ1) is 10.8. The number of nitrogens with one attached hydrogen (secondary N) is 1. The van der Waals surface area contributed by atoms with Gasteiger partial charge in [-0.05, 0) is 44.2 Å². The molecule has 1 saturated heterocycles. The van der Waals surface area contributed by atoms with Gasteiger partial charge in [0.2, 0.25) is 0 Å². The smallest absolute Gasteiger partial charge is 0.282 e. The maximum absolute atomic E-state index is 12.6. The van der Waals surface area contributed by atoms with E-state index in [0.717, 1.165) is 12.5 Å². The van der Waals surface area contributed by atoms with E-state index in [9.17, 15) is 4.79 Å². The monoisotopic (exact) mass is 299 g/mol. The van der Waals surface area contributed by atoms with E-state index in [1.165, 1.54) is 43.4 Å². The van der Waals surface area contributed by atoms with Gasteiger partial charge in [0.15, 0.2) is 6.67 Å². The summed E-state index contributed by atoms with van der Waals surface area (Å²) < 4.78 is 1.58. The largest absolute Gasteiger partial charge is 0.314 e. The Kier molecular flexibility index (Phi) is 3.66. The average Bonchev–Trinajstić information content (AvgIpc) is 2.58. The number of hydrogen-bond acceptors (Lipinski definition) is 3. The highest BCUT2D eigenvalue weighted by atomic mass is 16.1. The lowest BCUT2D eigenvalue weighted by atomic mass is 9.78. The summed E-state index contributed by atoms with van der Waals surface area (Å²) >= 11 is 0. The summed E-state index contributed by atoms with van der Waals surface area (Å²) in [6.45, 7) is 1.82. The second-order valence-corrected chi connectivity index (χ2v) is 6.77. The molecule has 2 aliphatic rings. The zero-order chi connectivity index (χ0) is 14.9. The molecular weight excluding hydrogens is 276 g/mol. The summed E-state index contributed by atoms with van der Waals surface area (Å²) in [6, 6.07) is 8.18. The summed E-state index contributed by atoms with van der Waals surface area (Å²) in [7, 11) is 0. The Balaban J connectivity index is 1.62. The number of piperidine rings is 1. The standard InChI is InChI=1S/C17H22N4O/c22-17-14-8-2-3-9-15(14)18-19-21(17)12-20-11-5-7-13-6-1-4-10-16(13)20/h2-3,8-9,13,16H,1,4-7,10-12H2/p+1/t13-,16-/m0/s1. The maximum Gasteiger partial charge on any atom is 0.282 e. The van der Waals surface area contributed by atoms with Crippen LogP contribution in [0.25, 0.3) is 10.9 Å². The molecule has 1 N–H and O–H groups in total. The molecule has 22 heavy (non-hydrogen) atoms. The molecule has 0 spiro atoms. The first-order valence-corrected chi connectivity index (χ1v) is 8.50. The number of benzene rings is 1. The minimum absolute atomic E-state index is 0.00367. The molecule has 0 bridgehead atoms. The van der Waals surface area contributed by atoms with Crippen molar-refractivity contribution in [1.29, 1.82) is 0 Å². The van der Waals surface area contributed by atoms with Crippen LogP contribution in [-0.2, 0) is 6.67 Å². The normalized spacial score (nSPS) is 28.5. The summed E-state index contributed by atoms with van der Waals surface area (Å²) in [5, 5.41) is 9.06. The zero-order valence-corrected chi connectivity index (χ0v) is 12.9. The van der Waals surface area contributed by atoms with Crippen molar-refractivity contribution in [3.8, 4) is 0 Å². The zero-order valence-electron chi connectivity index (χ0n) is 12.9. The predicted molar refractivity (Wildman–Crippen MR) is 84.6 cm³/mol. The Bertz CT molecular complexity index is 724. The van der Waals surface area contributed by atoms with Crippen molar-refractivity contribution in [2.24, 2.45) is 5.92 Å². The molecule has 2 aromatic rings. The van der Waals surface area contributed by atoms with Crippen LogP contribution in [0.15, 0.2) is 29.1 Å². The Labute approximate surface area is 129 Å². The van der Waals surface area contributed by atoms with Gasteiger partial charge in [0, 0.05) is 5.92 Å². The Hall–Kier alpha value is -1.75. The topological polar surface area (TPSA) is 52.2 Å². The van der Waals surface area contributed by atoms with Crippen molar-refractivity contribution in [3.63, 3.8) is 0 Å². The third-order valence-electron chi connectivity index (χ3n) is 5.49. The molecule has 1 aromatic carbocycles. The van der Waals surface area contributed by atoms with Gasteiger partial charge in [-0.3, -0.25) is 4.79 Å². The fraction of sp³-hybridized carbons (Fsp3) is 0.588. The number of quaternary nitrogens is 1. The molecule has 0 amide bonds. The average molecular weight is 299 g/mol. The molecule has 1 aromatic heterocycles. The van der Waals surface area contributed by atoms with Crippen LogP contribution in [0, 0.1) is 5.92 Å². The molecule has 1 saturated carbocycles. The summed E-state index contributed by atoms with van der Waals surface area (Å²) in [6.07, 6.45) is 8.02. The fourth-order valence-electron chi connectivity index (χ4n) is 4.38. The van der Waals surface area contributed by atoms with E-state index in [0.29, 0.717) is 23.6 Å². The maximum atomic E-state index is 12.6. The van der Waals surface area contributed by atoms with E-state index in [4.69, 9.17) is 0 Å². The Morgan fingerprint density at radius 2 is 1.95 bits per heavy atom. The van der Waals surface area contributed by atoms with E-state index in [1.54, 1.807) is 4.68 Å². The van der Waals surface area contributed by atoms with Gasteiger partial charge in [-0.25, -0.2) is 0 Å². The molecule has 1 unspecified atom stereocenters. The van der Waals surface area contributed by atoms with Crippen LogP contribution in [0.2, 0.25) is 0 Å². The SMILES string of the molecule is O=c1c2ccccc2nnn1C[NH+]1CCC[C@@H]2CCCC[C@@H]21. The van der Waals surface area contributed by atoms with E-state index >= 15 is 0 Å². The molecule has 5 nitrogen and oxygen atoms in total. The van der Waals surface area contributed by atoms with Crippen molar-refractivity contribution >= 4 is 10.9 Å². The number of nitrogens with zero attached hydrogens (tertiary/aromatic N) is 3. The van der Waals surface area contributed by atoms with Gasteiger partial charge in [0.1, 0.15) is 5.52 Å². The minimum atomic E-state index is -0.00367. The van der Waals surface area contributed by atoms with Gasteiger partial charge in [0.25, 0.3) is 5.56 Å². The van der Waals surface area contributed by atoms with Gasteiger partial charge < -0.3 is 4.90 Å². The Morgan fingerprint density at radius 1 is 1.14 bits per heavy atom. The third kappa shape index (κ3) is 2.43. The van der Waals surface area contributed by atoms with Gasteiger partial charge in [0.05, 0.1) is 18.0 Å². The van der Waals surface area contributed by atoms with Gasteiger partial charge in [-0.1, -0.05) is 23.8 Å². The molecule has 2 fully saturated rings. The van der Waals surface area contributed by atoms with Crippen molar-refractivity contribution in [3.05, 3.63) is 34.6 Å². The predicted octanol–water partition coefficient (Wildman–Crippen LogP) is 0.986. The van der Waals surface area contributed by atoms with Crippen molar-refractivity contribution in [2.75, 3.05) is 6.54 Å². The lowest BCUT2D eigenvalue weighted by Gasteiger charge is -2.40. The van der Waals surface area contributed by atoms with Crippen LogP contribution >= 0.6 is 0 Å². The first-order valence-electron chi connectivity index (χ1n) is 8.50. The van der Waals surface area contributed by atoms with E-state index in [2.05, 4.69) is 10.3 Å². The summed E-state index contributed by atoms with van der Waals surface area (Å²) in [4.78, 5) is 14.1. The van der Waals surface area contributed by atoms with E-state index in [1.807, 2.05) is 24.3 Å². The number of fused-ring (bicyclic) bond motifs is 2. The molecule has 1 aliphatic heterocycles. The van der Waals surface area contributed by atoms with Crippen molar-refractivity contribution in [2.45, 2.75) is 51.2 Å². The Morgan fingerprint density at radius 3 is 2.91 bits per heavy atom. The van der Waals surface area contributed by atoms with Crippen LogP contribution in [0.1, 0.15) is 38.5 Å². The van der Waals surface area contributed by atoms with Crippen LogP contribution in [-0.4, -0.2) is 27.6 Å². The van der Waals surface area contributed by atoms with Gasteiger partial charge in [-0.15, -0.1) is 5.10 Å². The molecular formula is C17H23N4O+. The molecule has 2 heterocycles. The lowest BCUT2D eigenvalue weighted by molar-refractivity contribution is -0.958. The summed E-state index contributed by atoms with van der Waals surface area (Å²) in [5.41, 5.74) is 0.684. The molecule has 116 valence electrons. The van der Waals surface area contributed by atoms with Crippen molar-refractivity contribution in [1.82, 2.24) is 15.0 Å². The number of aromatic nitrogens is 3. The molecule has 0 radical (unpaired) electrons. The van der Waals surface area contributed by atoms with Crippen LogP contribution in [0.5, 0.6) is 0 Å². The van der Waals surface area contributed by atoms with E-state index < -0.39 is 0 Å². The number of rotatable bonds is 2. The van der Waals surface area contributed by atoms with Gasteiger partial charge >= 0.3 is 0 Å². The first kappa shape index (κ1) is 13.9. The quantitative estimate of drug-likeness (QED) is 0.899. The second-order valence-electron chi connectivity index (χ2n) is 6.77. The van der Waals surface area contributed by atoms with Crippen LogP contribution in [0.3, 0.4) is 0 Å². The summed E-state index contributed by atoms with van der Waals surface area (Å²) in [5.74, 6) is 0.849. The lowest BCUT2D eigenvalue weighted by Crippen LogP contribution is -3.17. The number of hydrogen-bond donors (Lipinski definition) is 1. The van der Waals surface area contributed by atoms with Crippen LogP contribution in [0.4, 0.5) is 0 Å². The highest BCUT2D eigenvalue weighted by Gasteiger charge is 2.36. The fourth-order valence-corrected chi connectivity index (χ4v) is 4.38. The van der Waals surface area contributed by atoms with E-state index in [-0.39, 0.29) is 5.56 Å². The van der Waals surface area contributed by atoms with Crippen LogP contribution < -0.4 is 10.5 Å². The number of likely N-dealkylation sites (tertiary alicyclic amines) is 1. The van der Waals surface area contributed by atoms with Gasteiger partial charge in [-0.2, -0.15) is 4.68 Å². The third-order valence-corrected chi connectivity index (χ3v) is 5.49. The molecule has 1 aliphatic carbocycles. The highest BCUT2D eigenvalue weighted by molar-refractivity contribution is 5.76. The highest BCUT2D eigenvalue weighted by Crippen LogP contribution is 2.28. The second kappa shape index (κ2) is 5.80. The molecule has 3 atom stereocenters. The molecule has 4 rings (SSSR count). The molecule has 5 heteroatoms. The van der Waals surface area contributed by atoms with Crippen molar-refractivity contribution < 1.29 is 4.90 Å².